The molecule has 334 valence electrons. The van der Waals surface area contributed by atoms with E-state index in [0.29, 0.717) is 25.7 Å². The largest absolute Gasteiger partial charge is 0.462 e. The maximum Gasteiger partial charge on any atom is 0.306 e. The van der Waals surface area contributed by atoms with Gasteiger partial charge in [0.05, 0.1) is 0 Å². The molecule has 0 N–H and O–H groups in total. The van der Waals surface area contributed by atoms with Crippen molar-refractivity contribution in [1.29, 1.82) is 0 Å². The van der Waals surface area contributed by atoms with Gasteiger partial charge in [0.15, 0.2) is 6.10 Å². The highest BCUT2D eigenvalue weighted by Gasteiger charge is 2.19. The second-order valence-electron chi connectivity index (χ2n) is 14.7. The predicted octanol–water partition coefficient (Wildman–Crippen LogP) is 15.1. The summed E-state index contributed by atoms with van der Waals surface area (Å²) in [6.07, 6.45) is 66.0. The number of hydrogen-bond acceptors (Lipinski definition) is 6. The number of unbranched alkanes of at least 4 members (excludes halogenated alkanes) is 10. The molecule has 0 saturated heterocycles. The van der Waals surface area contributed by atoms with Gasteiger partial charge in [-0.15, -0.1) is 0 Å². The molecule has 0 saturated carbocycles. The Morgan fingerprint density at radius 2 is 0.783 bits per heavy atom. The highest BCUT2D eigenvalue weighted by atomic mass is 16.6. The van der Waals surface area contributed by atoms with Crippen LogP contribution in [0.2, 0.25) is 0 Å². The monoisotopic (exact) mass is 827 g/mol. The summed E-state index contributed by atoms with van der Waals surface area (Å²) in [7, 11) is 0. The van der Waals surface area contributed by atoms with E-state index in [4.69, 9.17) is 14.2 Å². The van der Waals surface area contributed by atoms with Crippen molar-refractivity contribution in [2.75, 3.05) is 13.2 Å². The van der Waals surface area contributed by atoms with Gasteiger partial charge in [-0.05, 0) is 89.9 Å². The third-order valence-electron chi connectivity index (χ3n) is 9.01. The molecule has 0 fully saturated rings. The van der Waals surface area contributed by atoms with Crippen LogP contribution in [0.3, 0.4) is 0 Å². The highest BCUT2D eigenvalue weighted by molar-refractivity contribution is 5.71. The molecule has 0 aromatic carbocycles. The van der Waals surface area contributed by atoms with Crippen LogP contribution < -0.4 is 0 Å². The van der Waals surface area contributed by atoms with Gasteiger partial charge in [0.1, 0.15) is 13.2 Å². The molecule has 0 aromatic heterocycles. The summed E-state index contributed by atoms with van der Waals surface area (Å²) in [5, 5.41) is 0. The summed E-state index contributed by atoms with van der Waals surface area (Å²) in [5.74, 6) is -1.13. The molecule has 6 nitrogen and oxygen atoms in total. The molecule has 0 spiro atoms. The molecule has 6 heteroatoms. The molecule has 0 amide bonds. The lowest BCUT2D eigenvalue weighted by atomic mass is 10.1. The topological polar surface area (TPSA) is 78.9 Å². The minimum absolute atomic E-state index is 0.143. The van der Waals surface area contributed by atoms with Gasteiger partial charge < -0.3 is 14.2 Å². The molecular weight excluding hydrogens is 745 g/mol. The average molecular weight is 827 g/mol. The molecule has 1 atom stereocenters. The Morgan fingerprint density at radius 3 is 1.35 bits per heavy atom. The summed E-state index contributed by atoms with van der Waals surface area (Å²) >= 11 is 0. The van der Waals surface area contributed by atoms with E-state index >= 15 is 0 Å². The van der Waals surface area contributed by atoms with Crippen molar-refractivity contribution in [2.45, 2.75) is 175 Å². The fourth-order valence-electron chi connectivity index (χ4n) is 5.57. The minimum Gasteiger partial charge on any atom is -0.462 e. The van der Waals surface area contributed by atoms with Gasteiger partial charge in [0.2, 0.25) is 0 Å². The first-order valence-corrected chi connectivity index (χ1v) is 23.3. The molecule has 0 aliphatic carbocycles. The number of hydrogen-bond donors (Lipinski definition) is 0. The van der Waals surface area contributed by atoms with E-state index < -0.39 is 12.1 Å². The Labute approximate surface area is 366 Å². The first kappa shape index (κ1) is 55.6. The quantitative estimate of drug-likeness (QED) is 0.0202. The van der Waals surface area contributed by atoms with E-state index in [1.54, 1.807) is 0 Å². The molecule has 0 aliphatic heterocycles. The van der Waals surface area contributed by atoms with Crippen LogP contribution >= 0.6 is 0 Å². The molecule has 0 heterocycles. The van der Waals surface area contributed by atoms with Crippen molar-refractivity contribution >= 4 is 17.9 Å². The minimum atomic E-state index is -0.854. The van der Waals surface area contributed by atoms with Crippen molar-refractivity contribution in [3.8, 4) is 0 Å². The molecule has 0 rings (SSSR count). The Kier molecular flexibility index (Phi) is 43.7. The van der Waals surface area contributed by atoms with Gasteiger partial charge in [0, 0.05) is 19.3 Å². The van der Waals surface area contributed by atoms with Crippen molar-refractivity contribution < 1.29 is 28.6 Å². The fourth-order valence-corrected chi connectivity index (χ4v) is 5.57. The Hall–Kier alpha value is -4.45. The number of carbonyl (C=O) groups is 3. The van der Waals surface area contributed by atoms with Gasteiger partial charge in [-0.25, -0.2) is 0 Å². The third kappa shape index (κ3) is 44.6. The van der Waals surface area contributed by atoms with Gasteiger partial charge in [-0.1, -0.05) is 193 Å². The van der Waals surface area contributed by atoms with E-state index in [1.165, 1.54) is 38.5 Å². The number of esters is 3. The molecule has 60 heavy (non-hydrogen) atoms. The standard InChI is InChI=1S/C54H82O6/c1-4-7-10-13-16-19-22-25-26-27-30-32-35-38-41-44-47-53(56)59-50-51(60-54(57)48-45-42-39-36-33-29-24-21-18-15-12-9-6-3)49-58-52(55)46-43-40-37-34-31-28-23-20-17-14-11-8-5-2/h7,9-10,12,15-16,18-19,21,24-26,28-33,36,38-39,41,51H,4-6,8,11,13-14,17,20,22-23,27,34-35,37,40,42-50H2,1-3H3/b10-7+,12-9+,18-15+,19-16+,24-21+,26-25+,31-28+,32-30+,33-29+,39-36+,41-38+. The molecule has 0 radical (unpaired) electrons. The van der Waals surface area contributed by atoms with Crippen LogP contribution in [0.1, 0.15) is 168 Å². The van der Waals surface area contributed by atoms with Crippen LogP contribution in [0.15, 0.2) is 134 Å². The average Bonchev–Trinajstić information content (AvgIpc) is 3.24. The zero-order valence-corrected chi connectivity index (χ0v) is 37.9. The summed E-state index contributed by atoms with van der Waals surface area (Å²) in [5.41, 5.74) is 0. The first-order valence-electron chi connectivity index (χ1n) is 23.3. The number of rotatable bonds is 39. The lowest BCUT2D eigenvalue weighted by Crippen LogP contribution is -2.30. The van der Waals surface area contributed by atoms with Crippen LogP contribution in [-0.4, -0.2) is 37.2 Å². The van der Waals surface area contributed by atoms with E-state index in [2.05, 4.69) is 87.6 Å². The number of ether oxygens (including phenoxy) is 3. The second-order valence-corrected chi connectivity index (χ2v) is 14.7. The lowest BCUT2D eigenvalue weighted by Gasteiger charge is -2.18. The van der Waals surface area contributed by atoms with Crippen molar-refractivity contribution in [3.63, 3.8) is 0 Å². The van der Waals surface area contributed by atoms with Gasteiger partial charge in [-0.2, -0.15) is 0 Å². The fraction of sp³-hybridized carbons (Fsp3) is 0.537. The zero-order valence-electron chi connectivity index (χ0n) is 37.9. The molecule has 1 unspecified atom stereocenters. The Balaban J connectivity index is 4.66. The van der Waals surface area contributed by atoms with Crippen molar-refractivity contribution in [2.24, 2.45) is 0 Å². The maximum atomic E-state index is 12.7. The van der Waals surface area contributed by atoms with E-state index in [9.17, 15) is 14.4 Å². The molecule has 0 aromatic rings. The zero-order chi connectivity index (χ0) is 43.7. The molecular formula is C54H82O6. The van der Waals surface area contributed by atoms with E-state index in [0.717, 1.165) is 70.6 Å². The number of allylic oxidation sites excluding steroid dienone is 22. The van der Waals surface area contributed by atoms with Gasteiger partial charge in [0.25, 0.3) is 0 Å². The van der Waals surface area contributed by atoms with Gasteiger partial charge in [-0.3, -0.25) is 14.4 Å². The molecule has 0 aliphatic rings. The smallest absolute Gasteiger partial charge is 0.306 e. The third-order valence-corrected chi connectivity index (χ3v) is 9.01. The predicted molar refractivity (Wildman–Crippen MR) is 256 cm³/mol. The maximum absolute atomic E-state index is 12.7. The van der Waals surface area contributed by atoms with Gasteiger partial charge >= 0.3 is 17.9 Å². The summed E-state index contributed by atoms with van der Waals surface area (Å²) in [6.45, 7) is 6.19. The van der Waals surface area contributed by atoms with Crippen LogP contribution in [-0.2, 0) is 28.6 Å². The van der Waals surface area contributed by atoms with Crippen LogP contribution in [0.5, 0.6) is 0 Å². The van der Waals surface area contributed by atoms with Crippen molar-refractivity contribution in [1.82, 2.24) is 0 Å². The summed E-state index contributed by atoms with van der Waals surface area (Å²) in [6, 6.07) is 0. The normalized spacial score (nSPS) is 13.3. The van der Waals surface area contributed by atoms with Crippen LogP contribution in [0.4, 0.5) is 0 Å². The van der Waals surface area contributed by atoms with Crippen LogP contribution in [0, 0.1) is 0 Å². The van der Waals surface area contributed by atoms with Crippen molar-refractivity contribution in [3.05, 3.63) is 134 Å². The Bertz CT molecular complexity index is 1370. The molecule has 0 bridgehead atoms. The SMILES string of the molecule is CC/C=C/C=C/C=C/C=C/C=C/CCCC(=O)OC(COC(=O)CC/C=C/C/C=C/C/C=C/C/C=C/C/C=C/CC)COC(=O)CCCCC/C=C/CCCCCCCC. The Morgan fingerprint density at radius 1 is 0.367 bits per heavy atom. The lowest BCUT2D eigenvalue weighted by molar-refractivity contribution is -0.166. The number of carbonyl (C=O) groups excluding carboxylic acids is 3. The highest BCUT2D eigenvalue weighted by Crippen LogP contribution is 2.10. The van der Waals surface area contributed by atoms with E-state index in [1.807, 2.05) is 66.8 Å². The summed E-state index contributed by atoms with van der Waals surface area (Å²) in [4.78, 5) is 37.7. The first-order chi connectivity index (χ1) is 29.5. The van der Waals surface area contributed by atoms with Crippen LogP contribution in [0.25, 0.3) is 0 Å². The summed E-state index contributed by atoms with van der Waals surface area (Å²) < 4.78 is 16.6. The second kappa shape index (κ2) is 47.2. The van der Waals surface area contributed by atoms with E-state index in [-0.39, 0.29) is 38.0 Å².